The number of carbonyl (C=O) groups is 1. The highest BCUT2D eigenvalue weighted by Crippen LogP contribution is 2.48. The van der Waals surface area contributed by atoms with Gasteiger partial charge in [-0.25, -0.2) is 9.18 Å². The molecular formula is C14H23FN2O2. The van der Waals surface area contributed by atoms with Crippen LogP contribution < -0.4 is 5.32 Å². The summed E-state index contributed by atoms with van der Waals surface area (Å²) >= 11 is 0. The van der Waals surface area contributed by atoms with E-state index in [4.69, 9.17) is 5.26 Å². The fraction of sp³-hybridized carbons (Fsp3) is 0.857. The van der Waals surface area contributed by atoms with Crippen LogP contribution in [-0.2, 0) is 4.74 Å². The minimum Gasteiger partial charge on any atom is -0.447 e. The van der Waals surface area contributed by atoms with Gasteiger partial charge in [-0.3, -0.25) is 0 Å². The molecule has 0 aromatic rings. The van der Waals surface area contributed by atoms with Gasteiger partial charge < -0.3 is 10.1 Å². The highest BCUT2D eigenvalue weighted by molar-refractivity contribution is 5.67. The Hall–Kier alpha value is -1.31. The number of hydrogen-bond acceptors (Lipinski definition) is 3. The number of amides is 1. The first-order valence-corrected chi connectivity index (χ1v) is 6.66. The van der Waals surface area contributed by atoms with Gasteiger partial charge in [0.1, 0.15) is 13.3 Å². The minimum absolute atomic E-state index is 0.0254. The van der Waals surface area contributed by atoms with Gasteiger partial charge in [-0.2, -0.15) is 5.26 Å². The van der Waals surface area contributed by atoms with Gasteiger partial charge in [-0.05, 0) is 30.1 Å². The van der Waals surface area contributed by atoms with Crippen molar-refractivity contribution >= 4 is 6.09 Å². The third-order valence-corrected chi connectivity index (χ3v) is 3.60. The molecule has 2 unspecified atom stereocenters. The molecule has 0 aromatic carbocycles. The summed E-state index contributed by atoms with van der Waals surface area (Å²) in [5.74, 6) is 0.0254. The largest absolute Gasteiger partial charge is 0.447 e. The maximum Gasteiger partial charge on any atom is 0.407 e. The predicted molar refractivity (Wildman–Crippen MR) is 70.2 cm³/mol. The molecular weight excluding hydrogens is 247 g/mol. The number of carbonyl (C=O) groups excluding carboxylic acids is 1. The van der Waals surface area contributed by atoms with Crippen LogP contribution in [0.25, 0.3) is 0 Å². The summed E-state index contributed by atoms with van der Waals surface area (Å²) in [5.41, 5.74) is -0.0190. The van der Waals surface area contributed by atoms with Crippen LogP contribution in [-0.4, -0.2) is 25.9 Å². The zero-order valence-corrected chi connectivity index (χ0v) is 12.0. The fourth-order valence-corrected chi connectivity index (χ4v) is 3.33. The molecule has 1 saturated carbocycles. The molecule has 4 nitrogen and oxygen atoms in total. The molecule has 0 radical (unpaired) electrons. The van der Waals surface area contributed by atoms with E-state index in [1.807, 2.05) is 0 Å². The number of alkyl halides is 1. The number of ether oxygens (including phenoxy) is 1. The highest BCUT2D eigenvalue weighted by atomic mass is 19.1. The normalized spacial score (nSPS) is 29.3. The van der Waals surface area contributed by atoms with Crippen molar-refractivity contribution in [3.63, 3.8) is 0 Å². The lowest BCUT2D eigenvalue weighted by molar-refractivity contribution is 0.0688. The smallest absolute Gasteiger partial charge is 0.407 e. The van der Waals surface area contributed by atoms with Crippen molar-refractivity contribution in [2.75, 3.05) is 19.8 Å². The summed E-state index contributed by atoms with van der Waals surface area (Å²) in [6, 6.07) is 2.34. The molecule has 0 aromatic heterocycles. The van der Waals surface area contributed by atoms with Crippen LogP contribution in [0.1, 0.15) is 40.0 Å². The molecule has 19 heavy (non-hydrogen) atoms. The third-order valence-electron chi connectivity index (χ3n) is 3.60. The number of halogens is 1. The van der Waals surface area contributed by atoms with Gasteiger partial charge in [0.05, 0.1) is 6.07 Å². The van der Waals surface area contributed by atoms with Gasteiger partial charge in [0.25, 0.3) is 0 Å². The van der Waals surface area contributed by atoms with E-state index in [9.17, 15) is 9.18 Å². The second-order valence-corrected chi connectivity index (χ2v) is 6.56. The lowest BCUT2D eigenvalue weighted by Crippen LogP contribution is -2.43. The Morgan fingerprint density at radius 2 is 2.16 bits per heavy atom. The number of nitriles is 1. The van der Waals surface area contributed by atoms with Gasteiger partial charge >= 0.3 is 6.09 Å². The standard InChI is InChI=1S/C14H23FN2O2/c1-13(2)6-11(8-16)7-14(3,9-13)10-17-12(18)19-5-4-15/h11H,4-7,9-10H2,1-3H3,(H,17,18). The first-order valence-electron chi connectivity index (χ1n) is 6.66. The Morgan fingerprint density at radius 3 is 2.74 bits per heavy atom. The molecule has 1 rings (SSSR count). The zero-order valence-electron chi connectivity index (χ0n) is 12.0. The average Bonchev–Trinajstić information content (AvgIpc) is 2.31. The van der Waals surface area contributed by atoms with Crippen LogP contribution >= 0.6 is 0 Å². The first-order chi connectivity index (χ1) is 8.80. The Labute approximate surface area is 114 Å². The van der Waals surface area contributed by atoms with E-state index >= 15 is 0 Å². The quantitative estimate of drug-likeness (QED) is 0.854. The molecule has 1 aliphatic rings. The number of rotatable bonds is 4. The second kappa shape index (κ2) is 6.23. The summed E-state index contributed by atoms with van der Waals surface area (Å²) in [6.07, 6.45) is 2.03. The molecule has 1 aliphatic carbocycles. The van der Waals surface area contributed by atoms with E-state index in [0.29, 0.717) is 6.54 Å². The summed E-state index contributed by atoms with van der Waals surface area (Å²) < 4.78 is 16.5. The molecule has 1 fully saturated rings. The highest BCUT2D eigenvalue weighted by Gasteiger charge is 2.41. The van der Waals surface area contributed by atoms with E-state index in [1.54, 1.807) is 0 Å². The molecule has 1 amide bonds. The van der Waals surface area contributed by atoms with E-state index in [1.165, 1.54) is 0 Å². The summed E-state index contributed by atoms with van der Waals surface area (Å²) in [5, 5.41) is 11.8. The van der Waals surface area contributed by atoms with Gasteiger partial charge in [-0.1, -0.05) is 20.8 Å². The molecule has 0 heterocycles. The van der Waals surface area contributed by atoms with E-state index in [0.717, 1.165) is 19.3 Å². The number of nitrogens with zero attached hydrogens (tertiary/aromatic N) is 1. The molecule has 5 heteroatoms. The Kier molecular flexibility index (Phi) is 5.16. The van der Waals surface area contributed by atoms with Gasteiger partial charge in [-0.15, -0.1) is 0 Å². The first kappa shape index (κ1) is 15.7. The van der Waals surface area contributed by atoms with Crippen molar-refractivity contribution in [2.24, 2.45) is 16.7 Å². The Balaban J connectivity index is 2.55. The van der Waals surface area contributed by atoms with Crippen molar-refractivity contribution in [3.8, 4) is 6.07 Å². The maximum absolute atomic E-state index is 11.9. The van der Waals surface area contributed by atoms with Gasteiger partial charge in [0.2, 0.25) is 0 Å². The van der Waals surface area contributed by atoms with E-state index in [2.05, 4.69) is 36.9 Å². The molecule has 0 bridgehead atoms. The average molecular weight is 270 g/mol. The SMILES string of the molecule is CC1(C)CC(C#N)CC(C)(CNC(=O)OCCF)C1. The zero-order chi connectivity index (χ0) is 14.5. The number of hydrogen-bond donors (Lipinski definition) is 1. The van der Waals surface area contributed by atoms with E-state index in [-0.39, 0.29) is 23.4 Å². The predicted octanol–water partition coefficient (Wildman–Crippen LogP) is 3.04. The minimum atomic E-state index is -0.672. The molecule has 1 N–H and O–H groups in total. The molecule has 0 spiro atoms. The van der Waals surface area contributed by atoms with Crippen LogP contribution in [0.3, 0.4) is 0 Å². The number of nitrogens with one attached hydrogen (secondary N) is 1. The summed E-state index contributed by atoms with van der Waals surface area (Å²) in [6.45, 7) is 5.95. The topological polar surface area (TPSA) is 62.1 Å². The molecule has 0 aliphatic heterocycles. The van der Waals surface area contributed by atoms with Crippen molar-refractivity contribution in [3.05, 3.63) is 0 Å². The monoisotopic (exact) mass is 270 g/mol. The van der Waals surface area contributed by atoms with Gasteiger partial charge in [0, 0.05) is 12.5 Å². The van der Waals surface area contributed by atoms with Gasteiger partial charge in [0.15, 0.2) is 0 Å². The van der Waals surface area contributed by atoms with Crippen molar-refractivity contribution in [1.82, 2.24) is 5.32 Å². The Bertz CT molecular complexity index is 365. The van der Waals surface area contributed by atoms with Crippen LogP contribution in [0.15, 0.2) is 0 Å². The van der Waals surface area contributed by atoms with Crippen molar-refractivity contribution in [2.45, 2.75) is 40.0 Å². The third kappa shape index (κ3) is 5.06. The van der Waals surface area contributed by atoms with Crippen LogP contribution in [0.2, 0.25) is 0 Å². The molecule has 0 saturated heterocycles. The second-order valence-electron chi connectivity index (χ2n) is 6.56. The molecule has 108 valence electrons. The fourth-order valence-electron chi connectivity index (χ4n) is 3.33. The summed E-state index contributed by atoms with van der Waals surface area (Å²) in [7, 11) is 0. The number of alkyl carbamates (subject to hydrolysis) is 1. The maximum atomic E-state index is 11.9. The van der Waals surface area contributed by atoms with Crippen molar-refractivity contribution < 1.29 is 13.9 Å². The van der Waals surface area contributed by atoms with E-state index < -0.39 is 12.8 Å². The van der Waals surface area contributed by atoms with Crippen LogP contribution in [0.5, 0.6) is 0 Å². The molecule has 2 atom stereocenters. The van der Waals surface area contributed by atoms with Crippen LogP contribution in [0, 0.1) is 28.1 Å². The summed E-state index contributed by atoms with van der Waals surface area (Å²) in [4.78, 5) is 11.3. The van der Waals surface area contributed by atoms with Crippen molar-refractivity contribution in [1.29, 1.82) is 5.26 Å². The lowest BCUT2D eigenvalue weighted by atomic mass is 9.61. The lowest BCUT2D eigenvalue weighted by Gasteiger charge is -2.44. The van der Waals surface area contributed by atoms with Crippen LogP contribution in [0.4, 0.5) is 9.18 Å². The Morgan fingerprint density at radius 1 is 1.47 bits per heavy atom.